The van der Waals surface area contributed by atoms with E-state index in [1.54, 1.807) is 0 Å². The minimum absolute atomic E-state index is 0.222. The summed E-state index contributed by atoms with van der Waals surface area (Å²) in [4.78, 5) is 15.8. The van der Waals surface area contributed by atoms with Gasteiger partial charge in [0.25, 0.3) is 5.91 Å². The number of nitrogens with zero attached hydrogens (tertiary/aromatic N) is 1. The molecule has 112 valence electrons. The Hall–Kier alpha value is -0.520. The molecule has 1 unspecified atom stereocenters. The number of amides is 1. The van der Waals surface area contributed by atoms with Crippen LogP contribution in [0.2, 0.25) is 0 Å². The average molecular weight is 305 g/mol. The summed E-state index contributed by atoms with van der Waals surface area (Å²) in [6.45, 7) is 1.37. The quantitative estimate of drug-likeness (QED) is 0.776. The van der Waals surface area contributed by atoms with E-state index >= 15 is 0 Å². The van der Waals surface area contributed by atoms with Crippen molar-refractivity contribution in [1.82, 2.24) is 0 Å². The highest BCUT2D eigenvalue weighted by Gasteiger charge is 2.51. The van der Waals surface area contributed by atoms with Crippen LogP contribution >= 0.6 is 11.8 Å². The van der Waals surface area contributed by atoms with Crippen LogP contribution in [0.1, 0.15) is 51.9 Å². The number of fused-ring (bicyclic) bond motifs is 2. The van der Waals surface area contributed by atoms with Crippen molar-refractivity contribution in [3.63, 3.8) is 0 Å². The Balaban J connectivity index is 1.68. The van der Waals surface area contributed by atoms with Crippen molar-refractivity contribution in [3.05, 3.63) is 0 Å². The maximum atomic E-state index is 12.6. The van der Waals surface area contributed by atoms with Crippen molar-refractivity contribution >= 4 is 22.7 Å². The van der Waals surface area contributed by atoms with Crippen molar-refractivity contribution in [2.45, 2.75) is 62.8 Å². The molecule has 0 N–H and O–H groups in total. The van der Waals surface area contributed by atoms with Crippen LogP contribution in [0.5, 0.6) is 0 Å². The molecule has 0 aromatic carbocycles. The molecule has 6 heteroatoms. The van der Waals surface area contributed by atoms with Crippen LogP contribution in [0.15, 0.2) is 4.99 Å². The number of alkyl halides is 3. The third kappa shape index (κ3) is 2.63. The Kier molecular flexibility index (Phi) is 3.23. The first kappa shape index (κ1) is 14.4. The summed E-state index contributed by atoms with van der Waals surface area (Å²) < 4.78 is 36.3. The van der Waals surface area contributed by atoms with Gasteiger partial charge in [-0.3, -0.25) is 4.79 Å². The topological polar surface area (TPSA) is 29.4 Å². The van der Waals surface area contributed by atoms with Gasteiger partial charge in [-0.1, -0.05) is 11.8 Å². The van der Waals surface area contributed by atoms with E-state index in [0.717, 1.165) is 36.9 Å². The van der Waals surface area contributed by atoms with Crippen LogP contribution in [0.3, 0.4) is 0 Å². The predicted octanol–water partition coefficient (Wildman–Crippen LogP) is 4.34. The fourth-order valence-corrected chi connectivity index (χ4v) is 5.40. The number of rotatable bonds is 3. The molecule has 0 saturated heterocycles. The lowest BCUT2D eigenvalue weighted by molar-refractivity contribution is -0.147. The molecule has 2 nitrogen and oxygen atoms in total. The van der Waals surface area contributed by atoms with Gasteiger partial charge in [0.2, 0.25) is 0 Å². The van der Waals surface area contributed by atoms with Crippen LogP contribution in [0.4, 0.5) is 13.2 Å². The number of hydrogen-bond donors (Lipinski definition) is 0. The summed E-state index contributed by atoms with van der Waals surface area (Å²) in [6.07, 6.45) is 1.18. The molecule has 2 aliphatic carbocycles. The molecular formula is C14H18F3NOS. The molecule has 0 spiro atoms. The smallest absolute Gasteiger partial charge is 0.271 e. The molecule has 20 heavy (non-hydrogen) atoms. The summed E-state index contributed by atoms with van der Waals surface area (Å²) in [5, 5.41) is 0.629. The number of hydrogen-bond acceptors (Lipinski definition) is 2. The minimum atomic E-state index is -4.33. The molecule has 1 atom stereocenters. The van der Waals surface area contributed by atoms with Gasteiger partial charge in [0.05, 0.1) is 11.5 Å². The predicted molar refractivity (Wildman–Crippen MR) is 72.7 cm³/mol. The lowest BCUT2D eigenvalue weighted by atomic mass is 9.81. The van der Waals surface area contributed by atoms with Crippen molar-refractivity contribution in [3.8, 4) is 0 Å². The third-order valence-corrected chi connectivity index (χ3v) is 6.21. The average Bonchev–Trinajstić information content (AvgIpc) is 2.91. The first-order valence-corrected chi connectivity index (χ1v) is 7.89. The molecule has 0 radical (unpaired) electrons. The van der Waals surface area contributed by atoms with Crippen LogP contribution in [0.25, 0.3) is 0 Å². The lowest BCUT2D eigenvalue weighted by Crippen LogP contribution is -2.33. The largest absolute Gasteiger partial charge is 0.390 e. The monoisotopic (exact) mass is 305 g/mol. The Morgan fingerprint density at radius 3 is 2.50 bits per heavy atom. The van der Waals surface area contributed by atoms with Crippen LogP contribution in [0, 0.1) is 11.3 Å². The molecule has 1 heterocycles. The first-order chi connectivity index (χ1) is 9.20. The molecule has 1 aliphatic heterocycles. The molecule has 0 aromatic rings. The van der Waals surface area contributed by atoms with E-state index in [4.69, 9.17) is 0 Å². The number of carbonyl (C=O) groups excluding carboxylic acids is 1. The van der Waals surface area contributed by atoms with Gasteiger partial charge in [0.15, 0.2) is 0 Å². The van der Waals surface area contributed by atoms with Gasteiger partial charge in [-0.15, -0.1) is 0 Å². The molecule has 3 aliphatic rings. The molecule has 2 saturated carbocycles. The zero-order valence-corrected chi connectivity index (χ0v) is 12.2. The Morgan fingerprint density at radius 2 is 2.00 bits per heavy atom. The van der Waals surface area contributed by atoms with E-state index in [9.17, 15) is 18.0 Å². The molecular weight excluding hydrogens is 287 g/mol. The number of halogens is 3. The first-order valence-electron chi connectivity index (χ1n) is 7.08. The Labute approximate surface area is 120 Å². The maximum absolute atomic E-state index is 12.6. The summed E-state index contributed by atoms with van der Waals surface area (Å²) in [7, 11) is 0. The summed E-state index contributed by atoms with van der Waals surface area (Å²) in [5.74, 6) is 0.179. The summed E-state index contributed by atoms with van der Waals surface area (Å²) in [6, 6.07) is 0. The molecule has 1 amide bonds. The minimum Gasteiger partial charge on any atom is -0.271 e. The highest BCUT2D eigenvalue weighted by Crippen LogP contribution is 2.57. The van der Waals surface area contributed by atoms with Gasteiger partial charge < -0.3 is 0 Å². The Morgan fingerprint density at radius 1 is 1.35 bits per heavy atom. The highest BCUT2D eigenvalue weighted by atomic mass is 32.2. The fourth-order valence-electron chi connectivity index (χ4n) is 4.01. The van der Waals surface area contributed by atoms with Gasteiger partial charge in [-0.25, -0.2) is 4.99 Å². The Bertz CT molecular complexity index is 466. The molecule has 3 rings (SSSR count). The molecule has 0 aromatic heterocycles. The van der Waals surface area contributed by atoms with Gasteiger partial charge in [-0.05, 0) is 50.4 Å². The van der Waals surface area contributed by atoms with Gasteiger partial charge >= 0.3 is 6.18 Å². The zero-order valence-electron chi connectivity index (χ0n) is 11.4. The van der Waals surface area contributed by atoms with E-state index in [1.807, 2.05) is 0 Å². The van der Waals surface area contributed by atoms with Crippen molar-refractivity contribution < 1.29 is 18.0 Å². The van der Waals surface area contributed by atoms with Crippen LogP contribution in [-0.2, 0) is 4.79 Å². The van der Waals surface area contributed by atoms with Crippen LogP contribution in [-0.4, -0.2) is 21.9 Å². The van der Waals surface area contributed by atoms with Crippen molar-refractivity contribution in [1.29, 1.82) is 0 Å². The van der Waals surface area contributed by atoms with Crippen LogP contribution < -0.4 is 0 Å². The maximum Gasteiger partial charge on any atom is 0.390 e. The highest BCUT2D eigenvalue weighted by molar-refractivity contribution is 8.16. The number of carbonyl (C=O) groups is 1. The van der Waals surface area contributed by atoms with Gasteiger partial charge in [0.1, 0.15) is 4.75 Å². The van der Waals surface area contributed by atoms with Crippen molar-refractivity contribution in [2.75, 3.05) is 0 Å². The second kappa shape index (κ2) is 4.49. The fraction of sp³-hybridized carbons (Fsp3) is 0.857. The van der Waals surface area contributed by atoms with E-state index < -0.39 is 23.3 Å². The van der Waals surface area contributed by atoms with Gasteiger partial charge in [0, 0.05) is 6.42 Å². The second-order valence-corrected chi connectivity index (χ2v) is 8.34. The number of aliphatic imine (C=N–C) groups is 1. The number of thioether (sulfide) groups is 1. The van der Waals surface area contributed by atoms with E-state index in [0.29, 0.717) is 11.5 Å². The van der Waals surface area contributed by atoms with E-state index in [-0.39, 0.29) is 5.41 Å². The third-order valence-electron chi connectivity index (χ3n) is 4.97. The van der Waals surface area contributed by atoms with E-state index in [1.165, 1.54) is 19.8 Å². The second-order valence-electron chi connectivity index (χ2n) is 6.76. The molecule has 2 fully saturated rings. The zero-order chi connectivity index (χ0) is 14.6. The normalized spacial score (nSPS) is 40.5. The standard InChI is InChI=1S/C14H18F3NOS/c1-12(8-14(15,16)17)11(19)18-10(20-12)7-13-4-2-9(6-13)3-5-13/h9H,2-8H2,1H3. The van der Waals surface area contributed by atoms with Gasteiger partial charge in [-0.2, -0.15) is 13.2 Å². The summed E-state index contributed by atoms with van der Waals surface area (Å²) >= 11 is 1.05. The molecule has 2 bridgehead atoms. The van der Waals surface area contributed by atoms with E-state index in [2.05, 4.69) is 4.99 Å². The lowest BCUT2D eigenvalue weighted by Gasteiger charge is -2.27. The SMILES string of the molecule is CC1(CC(F)(F)F)SC(CC23CCC(CC2)C3)=NC1=O. The summed E-state index contributed by atoms with van der Waals surface area (Å²) in [5.41, 5.74) is 0.222. The van der Waals surface area contributed by atoms with Crippen molar-refractivity contribution in [2.24, 2.45) is 16.3 Å².